The zero-order chi connectivity index (χ0) is 21.5. The first-order valence-corrected chi connectivity index (χ1v) is 10.8. The van der Waals surface area contributed by atoms with Crippen molar-refractivity contribution in [2.45, 2.75) is 46.5 Å². The molecule has 0 saturated carbocycles. The van der Waals surface area contributed by atoms with E-state index in [9.17, 15) is 10.1 Å². The van der Waals surface area contributed by atoms with Crippen LogP contribution in [-0.2, 0) is 11.2 Å². The van der Waals surface area contributed by atoms with Gasteiger partial charge in [0.15, 0.2) is 0 Å². The first kappa shape index (κ1) is 21.5. The maximum absolute atomic E-state index is 12.6. The lowest BCUT2D eigenvalue weighted by Crippen LogP contribution is -2.13. The van der Waals surface area contributed by atoms with Gasteiger partial charge >= 0.3 is 0 Å². The zero-order valence-electron chi connectivity index (χ0n) is 17.5. The molecule has 1 N–H and O–H groups in total. The van der Waals surface area contributed by atoms with Crippen LogP contribution in [0.3, 0.4) is 0 Å². The largest absolute Gasteiger partial charge is 0.317 e. The summed E-state index contributed by atoms with van der Waals surface area (Å²) in [4.78, 5) is 12.6. The molecule has 0 bridgehead atoms. The van der Waals surface area contributed by atoms with Gasteiger partial charge in [-0.2, -0.15) is 5.26 Å². The van der Waals surface area contributed by atoms with Gasteiger partial charge in [0.05, 0.1) is 0 Å². The van der Waals surface area contributed by atoms with Crippen LogP contribution in [0.2, 0.25) is 0 Å². The number of nitrogens with zero attached hydrogens (tertiary/aromatic N) is 4. The molecule has 0 unspecified atom stereocenters. The highest BCUT2D eigenvalue weighted by Gasteiger charge is 2.14. The van der Waals surface area contributed by atoms with Crippen molar-refractivity contribution in [3.8, 4) is 11.8 Å². The van der Waals surface area contributed by atoms with Crippen LogP contribution in [0.1, 0.15) is 48.0 Å². The summed E-state index contributed by atoms with van der Waals surface area (Å²) in [7, 11) is 0. The molecule has 2 heterocycles. The van der Waals surface area contributed by atoms with Crippen LogP contribution >= 0.6 is 11.3 Å². The highest BCUT2D eigenvalue weighted by Crippen LogP contribution is 2.21. The summed E-state index contributed by atoms with van der Waals surface area (Å²) in [6, 6.07) is 11.9. The smallest absolute Gasteiger partial charge is 0.268 e. The Morgan fingerprint density at radius 1 is 1.23 bits per heavy atom. The number of unbranched alkanes of at least 4 members (excludes halogenated alkanes) is 2. The van der Waals surface area contributed by atoms with Crippen molar-refractivity contribution < 1.29 is 4.79 Å². The molecule has 1 amide bonds. The van der Waals surface area contributed by atoms with Crippen molar-refractivity contribution in [2.24, 2.45) is 0 Å². The Morgan fingerprint density at radius 3 is 2.80 bits per heavy atom. The third kappa shape index (κ3) is 5.22. The average molecular weight is 420 g/mol. The van der Waals surface area contributed by atoms with Gasteiger partial charge in [0.1, 0.15) is 16.6 Å². The molecule has 0 spiro atoms. The molecule has 30 heavy (non-hydrogen) atoms. The van der Waals surface area contributed by atoms with Crippen LogP contribution in [0.5, 0.6) is 0 Å². The van der Waals surface area contributed by atoms with Crippen LogP contribution in [0.25, 0.3) is 11.8 Å². The Hall–Kier alpha value is -3.24. The number of hydrogen-bond donors (Lipinski definition) is 1. The topological polar surface area (TPSA) is 83.6 Å². The van der Waals surface area contributed by atoms with Crippen LogP contribution in [-0.4, -0.2) is 20.7 Å². The van der Waals surface area contributed by atoms with E-state index < -0.39 is 5.91 Å². The molecule has 6 nitrogen and oxygen atoms in total. The van der Waals surface area contributed by atoms with Gasteiger partial charge in [-0.1, -0.05) is 37.2 Å². The molecule has 2 aromatic heterocycles. The average Bonchev–Trinajstić information content (AvgIpc) is 3.37. The molecule has 3 rings (SSSR count). The summed E-state index contributed by atoms with van der Waals surface area (Å²) in [6.45, 7) is 6.28. The third-order valence-electron chi connectivity index (χ3n) is 4.89. The predicted molar refractivity (Wildman–Crippen MR) is 121 cm³/mol. The van der Waals surface area contributed by atoms with Crippen molar-refractivity contribution in [2.75, 3.05) is 5.32 Å². The molecule has 0 aliphatic carbocycles. The quantitative estimate of drug-likeness (QED) is 0.308. The first-order valence-electron chi connectivity index (χ1n) is 10.0. The van der Waals surface area contributed by atoms with Gasteiger partial charge in [0, 0.05) is 24.0 Å². The van der Waals surface area contributed by atoms with Gasteiger partial charge in [0.2, 0.25) is 5.13 Å². The number of rotatable bonds is 8. The highest BCUT2D eigenvalue weighted by atomic mass is 32.1. The standard InChI is InChI=1S/C23H25N5OS/c1-4-5-6-9-21-26-27-23(30-21)25-22(29)18(15-24)14-19-8-7-12-28(19)20-11-10-16(2)17(3)13-20/h7-8,10-14H,4-6,9H2,1-3H3,(H,25,27,29). The molecular weight excluding hydrogens is 394 g/mol. The highest BCUT2D eigenvalue weighted by molar-refractivity contribution is 7.15. The number of amides is 1. The molecule has 0 aliphatic rings. The minimum absolute atomic E-state index is 0.0153. The van der Waals surface area contributed by atoms with Gasteiger partial charge in [-0.15, -0.1) is 10.2 Å². The number of hydrogen-bond acceptors (Lipinski definition) is 5. The predicted octanol–water partition coefficient (Wildman–Crippen LogP) is 5.22. The fourth-order valence-corrected chi connectivity index (χ4v) is 3.79. The Bertz CT molecular complexity index is 1100. The molecule has 0 aliphatic heterocycles. The van der Waals surface area contributed by atoms with Crippen LogP contribution in [0, 0.1) is 25.2 Å². The maximum Gasteiger partial charge on any atom is 0.268 e. The van der Waals surface area contributed by atoms with E-state index in [2.05, 4.69) is 48.4 Å². The molecule has 7 heteroatoms. The third-order valence-corrected chi connectivity index (χ3v) is 5.79. The number of nitriles is 1. The Balaban J connectivity index is 1.76. The number of carbonyl (C=O) groups excluding carboxylic acids is 1. The summed E-state index contributed by atoms with van der Waals surface area (Å²) in [6.07, 6.45) is 7.69. The van der Waals surface area contributed by atoms with Gasteiger partial charge in [0.25, 0.3) is 5.91 Å². The minimum atomic E-state index is -0.485. The van der Waals surface area contributed by atoms with Crippen LogP contribution in [0.4, 0.5) is 5.13 Å². The Labute approximate surface area is 180 Å². The Morgan fingerprint density at radius 2 is 2.07 bits per heavy atom. The number of carbonyl (C=O) groups is 1. The molecule has 1 aromatic carbocycles. The van der Waals surface area contributed by atoms with Crippen LogP contribution < -0.4 is 5.32 Å². The van der Waals surface area contributed by atoms with Gasteiger partial charge in [-0.05, 0) is 61.7 Å². The Kier molecular flexibility index (Phi) is 7.15. The van der Waals surface area contributed by atoms with Crippen molar-refractivity contribution in [3.63, 3.8) is 0 Å². The summed E-state index contributed by atoms with van der Waals surface area (Å²) in [5.41, 5.74) is 4.14. The van der Waals surface area contributed by atoms with E-state index in [4.69, 9.17) is 0 Å². The minimum Gasteiger partial charge on any atom is -0.317 e. The van der Waals surface area contributed by atoms with Gasteiger partial charge in [-0.25, -0.2) is 0 Å². The van der Waals surface area contributed by atoms with Gasteiger partial charge in [-0.3, -0.25) is 10.1 Å². The second kappa shape index (κ2) is 9.99. The molecule has 0 saturated heterocycles. The number of nitrogens with one attached hydrogen (secondary N) is 1. The van der Waals surface area contributed by atoms with E-state index in [1.807, 2.05) is 35.0 Å². The monoisotopic (exact) mass is 419 g/mol. The van der Waals surface area contributed by atoms with Crippen molar-refractivity contribution in [3.05, 3.63) is 63.9 Å². The lowest BCUT2D eigenvalue weighted by molar-refractivity contribution is -0.112. The van der Waals surface area contributed by atoms with Crippen molar-refractivity contribution in [1.82, 2.24) is 14.8 Å². The van der Waals surface area contributed by atoms with Crippen molar-refractivity contribution >= 4 is 28.5 Å². The fraction of sp³-hybridized carbons (Fsp3) is 0.304. The van der Waals surface area contributed by atoms with E-state index in [1.54, 1.807) is 6.08 Å². The number of aromatic nitrogens is 3. The molecular formula is C23H25N5OS. The van der Waals surface area contributed by atoms with Crippen molar-refractivity contribution in [1.29, 1.82) is 5.26 Å². The first-order chi connectivity index (χ1) is 14.5. The van der Waals surface area contributed by atoms with E-state index >= 15 is 0 Å². The second-order valence-electron chi connectivity index (χ2n) is 7.15. The second-order valence-corrected chi connectivity index (χ2v) is 8.22. The SMILES string of the molecule is CCCCCc1nnc(NC(=O)C(C#N)=Cc2cccn2-c2ccc(C)c(C)c2)s1. The molecule has 3 aromatic rings. The van der Waals surface area contributed by atoms with E-state index in [-0.39, 0.29) is 5.57 Å². The molecule has 0 radical (unpaired) electrons. The zero-order valence-corrected chi connectivity index (χ0v) is 18.3. The number of anilines is 1. The number of benzene rings is 1. The molecule has 0 fully saturated rings. The van der Waals surface area contributed by atoms with E-state index in [0.717, 1.165) is 42.1 Å². The molecule has 0 atom stereocenters. The lowest BCUT2D eigenvalue weighted by atomic mass is 10.1. The number of aryl methyl sites for hydroxylation is 3. The van der Waals surface area contributed by atoms with Gasteiger partial charge < -0.3 is 4.57 Å². The summed E-state index contributed by atoms with van der Waals surface area (Å²) in [5, 5.41) is 21.7. The lowest BCUT2D eigenvalue weighted by Gasteiger charge is -2.09. The normalized spacial score (nSPS) is 11.3. The summed E-state index contributed by atoms with van der Waals surface area (Å²) >= 11 is 1.35. The summed E-state index contributed by atoms with van der Waals surface area (Å²) in [5.74, 6) is -0.485. The summed E-state index contributed by atoms with van der Waals surface area (Å²) < 4.78 is 1.95. The maximum atomic E-state index is 12.6. The fourth-order valence-electron chi connectivity index (χ4n) is 3.01. The molecule has 154 valence electrons. The van der Waals surface area contributed by atoms with E-state index in [1.165, 1.54) is 22.5 Å². The van der Waals surface area contributed by atoms with Crippen LogP contribution in [0.15, 0.2) is 42.1 Å². The van der Waals surface area contributed by atoms with E-state index in [0.29, 0.717) is 5.13 Å².